The van der Waals surface area contributed by atoms with Gasteiger partial charge in [0, 0.05) is 44.9 Å². The molecule has 1 aliphatic rings. The summed E-state index contributed by atoms with van der Waals surface area (Å²) in [5.74, 6) is -2.07. The molecule has 10 heteroatoms. The molecular weight excluding hydrogens is 371 g/mol. The summed E-state index contributed by atoms with van der Waals surface area (Å²) in [5.41, 5.74) is 0.140. The lowest BCUT2D eigenvalue weighted by atomic mass is 10.1. The van der Waals surface area contributed by atoms with Crippen molar-refractivity contribution in [3.8, 4) is 0 Å². The quantitative estimate of drug-likeness (QED) is 0.794. The Kier molecular flexibility index (Phi) is 6.55. The first-order valence-corrected chi connectivity index (χ1v) is 8.76. The molecule has 28 heavy (non-hydrogen) atoms. The van der Waals surface area contributed by atoms with Gasteiger partial charge in [-0.3, -0.25) is 19.3 Å². The zero-order chi connectivity index (χ0) is 21.0. The fraction of sp³-hybridized carbons (Fsp3) is 0.444. The molecule has 0 saturated carbocycles. The van der Waals surface area contributed by atoms with Crippen LogP contribution in [0.15, 0.2) is 18.2 Å². The minimum Gasteiger partial charge on any atom is -0.465 e. The normalized spacial score (nSPS) is 16.5. The second-order valence-electron chi connectivity index (χ2n) is 6.51. The van der Waals surface area contributed by atoms with Crippen molar-refractivity contribution >= 4 is 29.5 Å². The van der Waals surface area contributed by atoms with Crippen LogP contribution >= 0.6 is 0 Å². The third-order valence-electron chi connectivity index (χ3n) is 4.51. The summed E-state index contributed by atoms with van der Waals surface area (Å²) in [6.45, 7) is 3.30. The first kappa shape index (κ1) is 21.1. The molecule has 1 aromatic carbocycles. The molecule has 1 fully saturated rings. The Morgan fingerprint density at radius 2 is 1.93 bits per heavy atom. The van der Waals surface area contributed by atoms with Crippen molar-refractivity contribution in [1.82, 2.24) is 14.7 Å². The third-order valence-corrected chi connectivity index (χ3v) is 4.51. The van der Waals surface area contributed by atoms with Crippen LogP contribution in [0, 0.1) is 5.82 Å². The Morgan fingerprint density at radius 3 is 2.50 bits per heavy atom. The Labute approximate surface area is 161 Å². The first-order valence-electron chi connectivity index (χ1n) is 8.76. The van der Waals surface area contributed by atoms with E-state index in [1.165, 1.54) is 22.8 Å². The van der Waals surface area contributed by atoms with Gasteiger partial charge >= 0.3 is 6.09 Å². The second-order valence-corrected chi connectivity index (χ2v) is 6.51. The van der Waals surface area contributed by atoms with E-state index in [4.69, 9.17) is 0 Å². The van der Waals surface area contributed by atoms with Crippen LogP contribution in [0.2, 0.25) is 0 Å². The molecule has 0 aromatic heterocycles. The number of carbonyl (C=O) groups is 4. The average Bonchev–Trinajstić information content (AvgIpc) is 2.64. The Hall–Kier alpha value is -3.17. The van der Waals surface area contributed by atoms with Gasteiger partial charge in [-0.1, -0.05) is 0 Å². The highest BCUT2D eigenvalue weighted by atomic mass is 19.1. The van der Waals surface area contributed by atoms with E-state index in [1.54, 1.807) is 14.0 Å². The number of piperazine rings is 1. The maximum atomic E-state index is 13.9. The highest BCUT2D eigenvalue weighted by Crippen LogP contribution is 2.19. The number of benzene rings is 1. The monoisotopic (exact) mass is 394 g/mol. The van der Waals surface area contributed by atoms with E-state index in [9.17, 15) is 28.7 Å². The van der Waals surface area contributed by atoms with Crippen LogP contribution in [-0.2, 0) is 9.59 Å². The Balaban J connectivity index is 2.26. The van der Waals surface area contributed by atoms with Gasteiger partial charge in [0.2, 0.25) is 11.8 Å². The summed E-state index contributed by atoms with van der Waals surface area (Å²) in [6.07, 6.45) is -1.24. The van der Waals surface area contributed by atoms with Gasteiger partial charge in [0.1, 0.15) is 11.9 Å². The van der Waals surface area contributed by atoms with Crippen molar-refractivity contribution < 1.29 is 28.7 Å². The van der Waals surface area contributed by atoms with Crippen LogP contribution in [0.4, 0.5) is 14.9 Å². The number of anilines is 1. The van der Waals surface area contributed by atoms with Gasteiger partial charge in [-0.15, -0.1) is 0 Å². The molecule has 0 spiro atoms. The Morgan fingerprint density at radius 1 is 1.25 bits per heavy atom. The number of hydrogen-bond donors (Lipinski definition) is 2. The summed E-state index contributed by atoms with van der Waals surface area (Å²) in [7, 11) is 1.55. The van der Waals surface area contributed by atoms with Gasteiger partial charge in [-0.25, -0.2) is 9.18 Å². The molecule has 1 aromatic rings. The number of halogens is 1. The molecule has 152 valence electrons. The van der Waals surface area contributed by atoms with Crippen molar-refractivity contribution in [2.75, 3.05) is 38.5 Å². The molecule has 0 bridgehead atoms. The number of carboxylic acid groups (broad SMARTS) is 1. The van der Waals surface area contributed by atoms with Crippen LogP contribution in [-0.4, -0.2) is 82.9 Å². The number of carbonyl (C=O) groups excluding carboxylic acids is 3. The number of nitrogens with zero attached hydrogens (tertiary/aromatic N) is 3. The van der Waals surface area contributed by atoms with Gasteiger partial charge in [0.05, 0.1) is 6.54 Å². The Bertz CT molecular complexity index is 800. The first-order chi connectivity index (χ1) is 13.1. The number of nitrogens with one attached hydrogen (secondary N) is 1. The van der Waals surface area contributed by atoms with Gasteiger partial charge < -0.3 is 20.2 Å². The minimum absolute atomic E-state index is 0.00238. The van der Waals surface area contributed by atoms with Gasteiger partial charge in [-0.2, -0.15) is 0 Å². The maximum absolute atomic E-state index is 13.9. The minimum atomic E-state index is -1.24. The standard InChI is InChI=1S/C18H23FN4O5/c1-4-21(3)17(26)15-10-22(5-6-23(15)18(27)28)16(25)12-7-13(19)9-14(8-12)20-11(2)24/h7-9,15H,4-6,10H2,1-3H3,(H,20,24)(H,27,28)/t15-/m0/s1. The van der Waals surface area contributed by atoms with Crippen molar-refractivity contribution in [2.45, 2.75) is 19.9 Å². The van der Waals surface area contributed by atoms with E-state index in [0.29, 0.717) is 6.54 Å². The average molecular weight is 394 g/mol. The van der Waals surface area contributed by atoms with E-state index in [2.05, 4.69) is 5.32 Å². The van der Waals surface area contributed by atoms with Crippen LogP contribution in [0.5, 0.6) is 0 Å². The van der Waals surface area contributed by atoms with E-state index >= 15 is 0 Å². The summed E-state index contributed by atoms with van der Waals surface area (Å²) < 4.78 is 13.9. The summed E-state index contributed by atoms with van der Waals surface area (Å²) >= 11 is 0. The molecule has 0 radical (unpaired) electrons. The SMILES string of the molecule is CCN(C)C(=O)[C@@H]1CN(C(=O)c2cc(F)cc(NC(C)=O)c2)CCN1C(=O)O. The van der Waals surface area contributed by atoms with Gasteiger partial charge in [0.25, 0.3) is 5.91 Å². The zero-order valence-corrected chi connectivity index (χ0v) is 15.9. The number of likely N-dealkylation sites (N-methyl/N-ethyl adjacent to an activating group) is 1. The molecule has 0 aliphatic carbocycles. The third kappa shape index (κ3) is 4.76. The number of rotatable bonds is 4. The lowest BCUT2D eigenvalue weighted by Crippen LogP contribution is -2.61. The molecular formula is C18H23FN4O5. The van der Waals surface area contributed by atoms with Crippen molar-refractivity contribution in [2.24, 2.45) is 0 Å². The van der Waals surface area contributed by atoms with Gasteiger partial charge in [0.15, 0.2) is 0 Å². The lowest BCUT2D eigenvalue weighted by Gasteiger charge is -2.40. The number of hydrogen-bond acceptors (Lipinski definition) is 4. The summed E-state index contributed by atoms with van der Waals surface area (Å²) in [4.78, 5) is 51.8. The van der Waals surface area contributed by atoms with Crippen LogP contribution in [0.1, 0.15) is 24.2 Å². The van der Waals surface area contributed by atoms with E-state index < -0.39 is 35.7 Å². The topological polar surface area (TPSA) is 110 Å². The predicted molar refractivity (Wildman–Crippen MR) is 98.4 cm³/mol. The molecule has 1 aliphatic heterocycles. The van der Waals surface area contributed by atoms with Crippen molar-refractivity contribution in [1.29, 1.82) is 0 Å². The molecule has 2 rings (SSSR count). The molecule has 1 heterocycles. The van der Waals surface area contributed by atoms with Crippen LogP contribution in [0.3, 0.4) is 0 Å². The smallest absolute Gasteiger partial charge is 0.408 e. The van der Waals surface area contributed by atoms with Crippen molar-refractivity contribution in [3.63, 3.8) is 0 Å². The number of amides is 4. The largest absolute Gasteiger partial charge is 0.465 e. The van der Waals surface area contributed by atoms with Crippen LogP contribution in [0.25, 0.3) is 0 Å². The molecule has 2 N–H and O–H groups in total. The van der Waals surface area contributed by atoms with E-state index in [1.807, 2.05) is 0 Å². The molecule has 4 amide bonds. The van der Waals surface area contributed by atoms with Crippen molar-refractivity contribution in [3.05, 3.63) is 29.6 Å². The fourth-order valence-corrected chi connectivity index (χ4v) is 2.99. The van der Waals surface area contributed by atoms with Crippen LogP contribution < -0.4 is 5.32 Å². The highest BCUT2D eigenvalue weighted by Gasteiger charge is 2.38. The maximum Gasteiger partial charge on any atom is 0.408 e. The van der Waals surface area contributed by atoms with E-state index in [-0.39, 0.29) is 30.9 Å². The zero-order valence-electron chi connectivity index (χ0n) is 15.9. The molecule has 1 atom stereocenters. The lowest BCUT2D eigenvalue weighted by molar-refractivity contribution is -0.136. The summed E-state index contributed by atoms with van der Waals surface area (Å²) in [6, 6.07) is 2.42. The molecule has 0 unspecified atom stereocenters. The molecule has 9 nitrogen and oxygen atoms in total. The predicted octanol–water partition coefficient (Wildman–Crippen LogP) is 1.07. The molecule has 1 saturated heterocycles. The van der Waals surface area contributed by atoms with Gasteiger partial charge in [-0.05, 0) is 25.1 Å². The highest BCUT2D eigenvalue weighted by molar-refractivity contribution is 5.97. The second kappa shape index (κ2) is 8.68. The van der Waals surface area contributed by atoms with E-state index in [0.717, 1.165) is 17.0 Å². The summed E-state index contributed by atoms with van der Waals surface area (Å²) in [5, 5.41) is 11.8. The fourth-order valence-electron chi connectivity index (χ4n) is 2.99.